The molecule has 1 aliphatic heterocycles. The number of likely N-dealkylation sites (tertiary alicyclic amines) is 1. The summed E-state index contributed by atoms with van der Waals surface area (Å²) in [6.45, 7) is 6.10. The summed E-state index contributed by atoms with van der Waals surface area (Å²) in [5.41, 5.74) is 2.43. The lowest BCUT2D eigenvalue weighted by atomic mass is 9.99. The van der Waals surface area contributed by atoms with Crippen LogP contribution < -0.4 is 5.32 Å². The number of piperidine rings is 1. The Bertz CT molecular complexity index is 787. The van der Waals surface area contributed by atoms with Crippen molar-refractivity contribution in [3.05, 3.63) is 70.0 Å². The van der Waals surface area contributed by atoms with Crippen molar-refractivity contribution in [3.63, 3.8) is 0 Å². The Morgan fingerprint density at radius 3 is 2.62 bits per heavy atom. The van der Waals surface area contributed by atoms with Crippen molar-refractivity contribution in [2.24, 2.45) is 5.92 Å². The summed E-state index contributed by atoms with van der Waals surface area (Å²) in [5, 5.41) is 3.37. The van der Waals surface area contributed by atoms with Crippen molar-refractivity contribution in [2.75, 3.05) is 25.4 Å². The number of carbonyl (C=O) groups is 1. The fourth-order valence-electron chi connectivity index (χ4n) is 3.42. The quantitative estimate of drug-likeness (QED) is 0.566. The van der Waals surface area contributed by atoms with Gasteiger partial charge in [0.25, 0.3) is 5.91 Å². The van der Waals surface area contributed by atoms with Crippen LogP contribution in [-0.4, -0.2) is 36.2 Å². The van der Waals surface area contributed by atoms with Crippen LogP contribution in [0.25, 0.3) is 0 Å². The molecular formula is C23H28ClFN2OS. The van der Waals surface area contributed by atoms with Crippen LogP contribution in [0.5, 0.6) is 0 Å². The number of nitrogens with one attached hydrogen (secondary N) is 1. The fourth-order valence-corrected chi connectivity index (χ4v) is 4.62. The number of halogens is 2. The van der Waals surface area contributed by atoms with E-state index < -0.39 is 0 Å². The molecule has 1 N–H and O–H groups in total. The molecule has 0 aliphatic carbocycles. The first kappa shape index (κ1) is 22.1. The topological polar surface area (TPSA) is 32.3 Å². The molecule has 1 fully saturated rings. The number of rotatable bonds is 8. The highest BCUT2D eigenvalue weighted by Gasteiger charge is 2.15. The van der Waals surface area contributed by atoms with Gasteiger partial charge in [0.15, 0.2) is 0 Å². The van der Waals surface area contributed by atoms with Gasteiger partial charge in [0.1, 0.15) is 5.82 Å². The van der Waals surface area contributed by atoms with Crippen LogP contribution in [0, 0.1) is 11.7 Å². The minimum Gasteiger partial charge on any atom is -0.351 e. The molecule has 0 radical (unpaired) electrons. The summed E-state index contributed by atoms with van der Waals surface area (Å²) in [6.07, 6.45) is 2.53. The monoisotopic (exact) mass is 434 g/mol. The molecule has 0 aromatic heterocycles. The first-order valence-corrected chi connectivity index (χ1v) is 11.7. The number of carbonyl (C=O) groups excluding carboxylic acids is 1. The summed E-state index contributed by atoms with van der Waals surface area (Å²) < 4.78 is 13.7. The van der Waals surface area contributed by atoms with E-state index in [-0.39, 0.29) is 11.7 Å². The molecule has 0 unspecified atom stereocenters. The van der Waals surface area contributed by atoms with Crippen LogP contribution in [0.3, 0.4) is 0 Å². The number of nitrogens with zero attached hydrogens (tertiary/aromatic N) is 1. The maximum absolute atomic E-state index is 13.7. The highest BCUT2D eigenvalue weighted by atomic mass is 35.5. The third-order valence-corrected chi connectivity index (χ3v) is 6.68. The lowest BCUT2D eigenvalue weighted by Crippen LogP contribution is -2.32. The van der Waals surface area contributed by atoms with Gasteiger partial charge in [-0.15, -0.1) is 0 Å². The van der Waals surface area contributed by atoms with Crippen LogP contribution in [0.15, 0.2) is 42.5 Å². The molecule has 6 heteroatoms. The molecule has 3 rings (SSSR count). The number of thioether (sulfide) groups is 1. The maximum Gasteiger partial charge on any atom is 0.251 e. The van der Waals surface area contributed by atoms with Gasteiger partial charge >= 0.3 is 0 Å². The molecule has 2 aromatic rings. The summed E-state index contributed by atoms with van der Waals surface area (Å²) >= 11 is 7.58. The third-order valence-electron chi connectivity index (χ3n) is 5.34. The zero-order valence-corrected chi connectivity index (χ0v) is 18.4. The van der Waals surface area contributed by atoms with Gasteiger partial charge in [-0.2, -0.15) is 11.8 Å². The molecule has 0 atom stereocenters. The number of benzene rings is 2. The van der Waals surface area contributed by atoms with Crippen LogP contribution in [-0.2, 0) is 12.3 Å². The van der Waals surface area contributed by atoms with Crippen LogP contribution in [0.4, 0.5) is 4.39 Å². The highest BCUT2D eigenvalue weighted by molar-refractivity contribution is 7.98. The zero-order chi connectivity index (χ0) is 20.6. The Hall–Kier alpha value is -1.56. The van der Waals surface area contributed by atoms with E-state index in [9.17, 15) is 9.18 Å². The van der Waals surface area contributed by atoms with Crippen LogP contribution >= 0.6 is 23.4 Å². The predicted octanol–water partition coefficient (Wildman–Crippen LogP) is 5.37. The van der Waals surface area contributed by atoms with Crippen molar-refractivity contribution in [2.45, 2.75) is 32.1 Å². The molecule has 1 aliphatic rings. The first-order valence-electron chi connectivity index (χ1n) is 10.1. The minimum absolute atomic E-state index is 0.0760. The fraction of sp³-hybridized carbons (Fsp3) is 0.435. The van der Waals surface area contributed by atoms with Crippen molar-refractivity contribution in [1.29, 1.82) is 0 Å². The molecule has 1 saturated heterocycles. The van der Waals surface area contributed by atoms with Crippen molar-refractivity contribution >= 4 is 29.3 Å². The minimum atomic E-state index is -0.284. The van der Waals surface area contributed by atoms with Gasteiger partial charge in [0.05, 0.1) is 0 Å². The van der Waals surface area contributed by atoms with Gasteiger partial charge in [-0.1, -0.05) is 36.7 Å². The van der Waals surface area contributed by atoms with E-state index in [1.807, 2.05) is 24.3 Å². The van der Waals surface area contributed by atoms with E-state index >= 15 is 0 Å². The molecule has 1 heterocycles. The lowest BCUT2D eigenvalue weighted by molar-refractivity contribution is 0.0956. The van der Waals surface area contributed by atoms with E-state index in [0.29, 0.717) is 34.2 Å². The second-order valence-electron chi connectivity index (χ2n) is 7.66. The molecule has 0 spiro atoms. The van der Waals surface area contributed by atoms with E-state index in [2.05, 4.69) is 17.1 Å². The van der Waals surface area contributed by atoms with Crippen molar-refractivity contribution in [3.8, 4) is 0 Å². The number of amides is 1. The molecule has 0 bridgehead atoms. The van der Waals surface area contributed by atoms with E-state index in [0.717, 1.165) is 25.6 Å². The van der Waals surface area contributed by atoms with Gasteiger partial charge in [0.2, 0.25) is 0 Å². The summed E-state index contributed by atoms with van der Waals surface area (Å²) in [4.78, 5) is 14.8. The Kier molecular flexibility index (Phi) is 8.40. The molecule has 1 amide bonds. The average molecular weight is 435 g/mol. The standard InChI is InChI=1S/C23H28ClFN2OS/c1-17-9-12-27(13-10-17)15-18-5-7-19(8-6-18)23(28)26-11-14-29-16-20-21(24)3-2-4-22(20)25/h2-8,17H,9-16H2,1H3,(H,26,28). The predicted molar refractivity (Wildman–Crippen MR) is 120 cm³/mol. The number of hydrogen-bond donors (Lipinski definition) is 1. The maximum atomic E-state index is 13.7. The van der Waals surface area contributed by atoms with Crippen LogP contribution in [0.1, 0.15) is 41.3 Å². The second-order valence-corrected chi connectivity index (χ2v) is 9.18. The average Bonchev–Trinajstić information content (AvgIpc) is 2.72. The zero-order valence-electron chi connectivity index (χ0n) is 16.8. The summed E-state index contributed by atoms with van der Waals surface area (Å²) in [7, 11) is 0. The van der Waals surface area contributed by atoms with Crippen LogP contribution in [0.2, 0.25) is 5.02 Å². The van der Waals surface area contributed by atoms with Gasteiger partial charge in [0, 0.05) is 40.7 Å². The van der Waals surface area contributed by atoms with E-state index in [1.54, 1.807) is 23.9 Å². The third kappa shape index (κ3) is 6.73. The Morgan fingerprint density at radius 1 is 1.21 bits per heavy atom. The van der Waals surface area contributed by atoms with E-state index in [1.165, 1.54) is 24.5 Å². The summed E-state index contributed by atoms with van der Waals surface area (Å²) in [6, 6.07) is 12.6. The summed E-state index contributed by atoms with van der Waals surface area (Å²) in [5.74, 6) is 1.66. The van der Waals surface area contributed by atoms with Crippen molar-refractivity contribution in [1.82, 2.24) is 10.2 Å². The molecule has 3 nitrogen and oxygen atoms in total. The van der Waals surface area contributed by atoms with Gasteiger partial charge in [-0.05, 0) is 61.7 Å². The molecule has 0 saturated carbocycles. The van der Waals surface area contributed by atoms with Crippen molar-refractivity contribution < 1.29 is 9.18 Å². The molecule has 29 heavy (non-hydrogen) atoms. The SMILES string of the molecule is CC1CCN(Cc2ccc(C(=O)NCCSCc3c(F)cccc3Cl)cc2)CC1. The van der Waals surface area contributed by atoms with Gasteiger partial charge in [-0.25, -0.2) is 4.39 Å². The Morgan fingerprint density at radius 2 is 1.93 bits per heavy atom. The first-order chi connectivity index (χ1) is 14.0. The van der Waals surface area contributed by atoms with E-state index in [4.69, 9.17) is 11.6 Å². The second kappa shape index (κ2) is 11.0. The smallest absolute Gasteiger partial charge is 0.251 e. The largest absolute Gasteiger partial charge is 0.351 e. The lowest BCUT2D eigenvalue weighted by Gasteiger charge is -2.30. The normalized spacial score (nSPS) is 15.4. The molecular weight excluding hydrogens is 407 g/mol. The highest BCUT2D eigenvalue weighted by Crippen LogP contribution is 2.23. The van der Waals surface area contributed by atoms with Gasteiger partial charge in [-0.3, -0.25) is 9.69 Å². The molecule has 2 aromatic carbocycles. The Balaban J connectivity index is 1.38. The van der Waals surface area contributed by atoms with Gasteiger partial charge < -0.3 is 5.32 Å². The number of hydrogen-bond acceptors (Lipinski definition) is 3. The Labute approximate surface area is 182 Å². The molecule has 156 valence electrons.